The van der Waals surface area contributed by atoms with E-state index in [1.807, 2.05) is 4.90 Å². The zero-order valence-electron chi connectivity index (χ0n) is 15.1. The van der Waals surface area contributed by atoms with E-state index in [0.717, 1.165) is 0 Å². The maximum absolute atomic E-state index is 12.5. The molecule has 1 heterocycles. The van der Waals surface area contributed by atoms with Gasteiger partial charge in [-0.2, -0.15) is 0 Å². The van der Waals surface area contributed by atoms with Gasteiger partial charge in [-0.25, -0.2) is 4.79 Å². The van der Waals surface area contributed by atoms with Crippen molar-refractivity contribution in [3.63, 3.8) is 0 Å². The number of nitrogens with two attached hydrogens (primary N) is 1. The number of nitrogens with zero attached hydrogens (tertiary/aromatic N) is 2. The SMILES string of the molecule is CC(C)(C)C(=O)ON1CCN(Cc2cc(N)ccc2OC(F)(F)F)CC1. The molecule has 1 aromatic rings. The molecule has 0 amide bonds. The van der Waals surface area contributed by atoms with Crippen LogP contribution in [-0.4, -0.2) is 48.5 Å². The summed E-state index contributed by atoms with van der Waals surface area (Å²) in [6.07, 6.45) is -4.76. The van der Waals surface area contributed by atoms with Crippen LogP contribution in [0.15, 0.2) is 18.2 Å². The number of ether oxygens (including phenoxy) is 1. The van der Waals surface area contributed by atoms with E-state index in [2.05, 4.69) is 4.74 Å². The Morgan fingerprint density at radius 2 is 1.77 bits per heavy atom. The molecule has 1 aliphatic rings. The first-order valence-electron chi connectivity index (χ1n) is 8.28. The minimum absolute atomic E-state index is 0.256. The van der Waals surface area contributed by atoms with Gasteiger partial charge in [0.15, 0.2) is 0 Å². The van der Waals surface area contributed by atoms with E-state index >= 15 is 0 Å². The average Bonchev–Trinajstić information content (AvgIpc) is 2.50. The van der Waals surface area contributed by atoms with Crippen LogP contribution < -0.4 is 10.5 Å². The molecule has 0 aliphatic carbocycles. The Kier molecular flexibility index (Phi) is 6.02. The van der Waals surface area contributed by atoms with Crippen molar-refractivity contribution in [1.29, 1.82) is 0 Å². The molecule has 2 rings (SSSR count). The number of carbonyl (C=O) groups is 1. The molecule has 9 heteroatoms. The van der Waals surface area contributed by atoms with Gasteiger partial charge in [-0.3, -0.25) is 4.90 Å². The Morgan fingerprint density at radius 1 is 1.15 bits per heavy atom. The number of alkyl halides is 3. The maximum atomic E-state index is 12.5. The third kappa shape index (κ3) is 6.06. The number of nitrogen functional groups attached to an aromatic ring is 1. The lowest BCUT2D eigenvalue weighted by atomic mass is 9.98. The number of carbonyl (C=O) groups excluding carboxylic acids is 1. The second-order valence-electron chi connectivity index (χ2n) is 7.25. The third-order valence-corrected chi connectivity index (χ3v) is 3.86. The lowest BCUT2D eigenvalue weighted by Gasteiger charge is -2.34. The number of benzene rings is 1. The molecule has 0 aromatic heterocycles. The monoisotopic (exact) mass is 375 g/mol. The van der Waals surface area contributed by atoms with Crippen molar-refractivity contribution in [3.8, 4) is 5.75 Å². The molecule has 6 nitrogen and oxygen atoms in total. The zero-order valence-corrected chi connectivity index (χ0v) is 15.1. The summed E-state index contributed by atoms with van der Waals surface area (Å²) in [4.78, 5) is 19.2. The summed E-state index contributed by atoms with van der Waals surface area (Å²) >= 11 is 0. The topological polar surface area (TPSA) is 68.0 Å². The van der Waals surface area contributed by atoms with Gasteiger partial charge < -0.3 is 15.3 Å². The van der Waals surface area contributed by atoms with E-state index in [9.17, 15) is 18.0 Å². The quantitative estimate of drug-likeness (QED) is 0.817. The number of hydrogen-bond donors (Lipinski definition) is 1. The number of rotatable bonds is 4. The zero-order chi connectivity index (χ0) is 19.5. The lowest BCUT2D eigenvalue weighted by Crippen LogP contribution is -2.47. The van der Waals surface area contributed by atoms with E-state index < -0.39 is 11.8 Å². The first kappa shape index (κ1) is 20.3. The molecule has 1 aromatic carbocycles. The summed E-state index contributed by atoms with van der Waals surface area (Å²) in [5.41, 5.74) is 5.83. The Morgan fingerprint density at radius 3 is 2.31 bits per heavy atom. The van der Waals surface area contributed by atoms with Gasteiger partial charge in [0, 0.05) is 44.0 Å². The molecule has 146 valence electrons. The van der Waals surface area contributed by atoms with Gasteiger partial charge in [0.05, 0.1) is 5.41 Å². The molecule has 0 radical (unpaired) electrons. The molecule has 1 aliphatic heterocycles. The molecule has 1 saturated heterocycles. The summed E-state index contributed by atoms with van der Waals surface area (Å²) in [6, 6.07) is 4.07. The van der Waals surface area contributed by atoms with Crippen molar-refractivity contribution >= 4 is 11.7 Å². The van der Waals surface area contributed by atoms with Crippen molar-refractivity contribution in [2.75, 3.05) is 31.9 Å². The van der Waals surface area contributed by atoms with Crippen molar-refractivity contribution in [2.24, 2.45) is 5.41 Å². The summed E-state index contributed by atoms with van der Waals surface area (Å²) in [5.74, 6) is -0.573. The highest BCUT2D eigenvalue weighted by Crippen LogP contribution is 2.29. The van der Waals surface area contributed by atoms with Crippen LogP contribution in [0.4, 0.5) is 18.9 Å². The van der Waals surface area contributed by atoms with Gasteiger partial charge in [-0.15, -0.1) is 18.2 Å². The van der Waals surface area contributed by atoms with E-state index in [0.29, 0.717) is 37.4 Å². The number of halogens is 3. The Bertz CT molecular complexity index is 636. The summed E-state index contributed by atoms with van der Waals surface area (Å²) in [6.45, 7) is 7.60. The van der Waals surface area contributed by atoms with E-state index in [1.165, 1.54) is 18.2 Å². The molecule has 0 unspecified atom stereocenters. The second-order valence-corrected chi connectivity index (χ2v) is 7.25. The fourth-order valence-electron chi connectivity index (χ4n) is 2.42. The number of piperazine rings is 1. The number of hydroxylamine groups is 2. The molecule has 2 N–H and O–H groups in total. The Labute approximate surface area is 150 Å². The summed E-state index contributed by atoms with van der Waals surface area (Å²) < 4.78 is 41.7. The minimum Gasteiger partial charge on any atom is -0.405 e. The highest BCUT2D eigenvalue weighted by atomic mass is 19.4. The standard InChI is InChI=1S/C17H24F3N3O3/c1-16(2,3)15(24)26-23-8-6-22(7-9-23)11-12-10-13(21)4-5-14(12)25-17(18,19)20/h4-5,10H,6-9,11,21H2,1-3H3. The lowest BCUT2D eigenvalue weighted by molar-refractivity contribution is -0.275. The van der Waals surface area contributed by atoms with Gasteiger partial charge in [0.25, 0.3) is 0 Å². The fourth-order valence-corrected chi connectivity index (χ4v) is 2.42. The largest absolute Gasteiger partial charge is 0.573 e. The molecule has 0 bridgehead atoms. The van der Waals surface area contributed by atoms with Crippen LogP contribution in [0.3, 0.4) is 0 Å². The predicted molar refractivity (Wildman–Crippen MR) is 89.9 cm³/mol. The van der Waals surface area contributed by atoms with Crippen molar-refractivity contribution < 1.29 is 27.5 Å². The van der Waals surface area contributed by atoms with Crippen molar-refractivity contribution in [3.05, 3.63) is 23.8 Å². The summed E-state index contributed by atoms with van der Waals surface area (Å²) in [7, 11) is 0. The molecular formula is C17H24F3N3O3. The van der Waals surface area contributed by atoms with Crippen LogP contribution in [0.2, 0.25) is 0 Å². The van der Waals surface area contributed by atoms with Crippen LogP contribution in [-0.2, 0) is 16.2 Å². The first-order chi connectivity index (χ1) is 11.9. The highest BCUT2D eigenvalue weighted by Gasteiger charge is 2.33. The fraction of sp³-hybridized carbons (Fsp3) is 0.588. The summed E-state index contributed by atoms with van der Waals surface area (Å²) in [5, 5.41) is 1.58. The van der Waals surface area contributed by atoms with Crippen LogP contribution in [0.5, 0.6) is 5.75 Å². The van der Waals surface area contributed by atoms with E-state index in [4.69, 9.17) is 10.6 Å². The van der Waals surface area contributed by atoms with Crippen molar-refractivity contribution in [1.82, 2.24) is 9.96 Å². The van der Waals surface area contributed by atoms with Crippen LogP contribution >= 0.6 is 0 Å². The van der Waals surface area contributed by atoms with Gasteiger partial charge >= 0.3 is 12.3 Å². The third-order valence-electron chi connectivity index (χ3n) is 3.86. The first-order valence-corrected chi connectivity index (χ1v) is 8.28. The number of hydrogen-bond acceptors (Lipinski definition) is 6. The Hall–Kier alpha value is -2.00. The van der Waals surface area contributed by atoms with E-state index in [1.54, 1.807) is 25.8 Å². The van der Waals surface area contributed by atoms with Crippen LogP contribution in [0.1, 0.15) is 26.3 Å². The molecule has 0 atom stereocenters. The molecule has 0 saturated carbocycles. The molecular weight excluding hydrogens is 351 g/mol. The number of anilines is 1. The van der Waals surface area contributed by atoms with Crippen LogP contribution in [0.25, 0.3) is 0 Å². The smallest absolute Gasteiger partial charge is 0.405 e. The van der Waals surface area contributed by atoms with Crippen molar-refractivity contribution in [2.45, 2.75) is 33.7 Å². The average molecular weight is 375 g/mol. The molecule has 26 heavy (non-hydrogen) atoms. The minimum atomic E-state index is -4.76. The maximum Gasteiger partial charge on any atom is 0.573 e. The molecule has 0 spiro atoms. The molecule has 1 fully saturated rings. The van der Waals surface area contributed by atoms with Crippen LogP contribution in [0, 0.1) is 5.41 Å². The highest BCUT2D eigenvalue weighted by molar-refractivity contribution is 5.75. The predicted octanol–water partition coefficient (Wildman–Crippen LogP) is 2.79. The van der Waals surface area contributed by atoms with Gasteiger partial charge in [0.1, 0.15) is 5.75 Å². The van der Waals surface area contributed by atoms with Gasteiger partial charge in [-0.1, -0.05) is 0 Å². The van der Waals surface area contributed by atoms with Gasteiger partial charge in [-0.05, 0) is 39.0 Å². The normalized spacial score (nSPS) is 17.2. The Balaban J connectivity index is 1.95. The second kappa shape index (κ2) is 7.71. The van der Waals surface area contributed by atoms with Gasteiger partial charge in [0.2, 0.25) is 0 Å². The van der Waals surface area contributed by atoms with E-state index in [-0.39, 0.29) is 18.3 Å².